The van der Waals surface area contributed by atoms with E-state index in [1.807, 2.05) is 42.6 Å². The number of halogens is 1. The van der Waals surface area contributed by atoms with Gasteiger partial charge in [0.2, 0.25) is 0 Å². The first-order valence-corrected chi connectivity index (χ1v) is 9.58. The first-order chi connectivity index (χ1) is 13.1. The molecule has 4 rings (SSSR count). The SMILES string of the molecule is CCOc1cccc2cc(C(=O)Nc3nc(-c4ccc(Cl)cc4)cs3)oc12. The normalized spacial score (nSPS) is 10.9. The molecule has 7 heteroatoms. The predicted molar refractivity (Wildman–Crippen MR) is 108 cm³/mol. The molecule has 0 atom stereocenters. The third-order valence-electron chi connectivity index (χ3n) is 3.90. The Labute approximate surface area is 164 Å². The Balaban J connectivity index is 1.55. The van der Waals surface area contributed by atoms with Crippen LogP contribution in [0.3, 0.4) is 0 Å². The highest BCUT2D eigenvalue weighted by atomic mass is 35.5. The maximum atomic E-state index is 12.5. The van der Waals surface area contributed by atoms with Crippen LogP contribution >= 0.6 is 22.9 Å². The molecule has 27 heavy (non-hydrogen) atoms. The number of para-hydroxylation sites is 1. The Hall–Kier alpha value is -2.83. The van der Waals surface area contributed by atoms with E-state index in [1.54, 1.807) is 18.2 Å². The largest absolute Gasteiger partial charge is 0.490 e. The molecule has 2 aromatic heterocycles. The Morgan fingerprint density at radius 3 is 2.85 bits per heavy atom. The minimum atomic E-state index is -0.356. The van der Waals surface area contributed by atoms with Crippen LogP contribution in [-0.2, 0) is 0 Å². The van der Waals surface area contributed by atoms with E-state index in [9.17, 15) is 4.79 Å². The summed E-state index contributed by atoms with van der Waals surface area (Å²) in [4.78, 5) is 17.0. The van der Waals surface area contributed by atoms with Crippen molar-refractivity contribution < 1.29 is 13.9 Å². The van der Waals surface area contributed by atoms with E-state index in [1.165, 1.54) is 11.3 Å². The third kappa shape index (κ3) is 3.67. The fraction of sp³-hybridized carbons (Fsp3) is 0.100. The minimum Gasteiger partial charge on any atom is -0.490 e. The van der Waals surface area contributed by atoms with Crippen molar-refractivity contribution in [2.24, 2.45) is 0 Å². The van der Waals surface area contributed by atoms with Crippen molar-refractivity contribution in [1.82, 2.24) is 4.98 Å². The number of fused-ring (bicyclic) bond motifs is 1. The number of rotatable bonds is 5. The lowest BCUT2D eigenvalue weighted by molar-refractivity contribution is 0.0998. The van der Waals surface area contributed by atoms with Gasteiger partial charge in [0.05, 0.1) is 12.3 Å². The van der Waals surface area contributed by atoms with E-state index < -0.39 is 0 Å². The second-order valence-electron chi connectivity index (χ2n) is 5.72. The number of benzene rings is 2. The number of ether oxygens (including phenoxy) is 1. The van der Waals surface area contributed by atoms with Crippen LogP contribution in [0.2, 0.25) is 5.02 Å². The first-order valence-electron chi connectivity index (χ1n) is 8.32. The standard InChI is InChI=1S/C20H15ClN2O3S/c1-2-25-16-5-3-4-13-10-17(26-18(13)16)19(24)23-20-22-15(11-27-20)12-6-8-14(21)9-7-12/h3-11H,2H2,1H3,(H,22,23,24). The molecule has 2 heterocycles. The van der Waals surface area contributed by atoms with E-state index in [0.717, 1.165) is 16.6 Å². The van der Waals surface area contributed by atoms with Gasteiger partial charge < -0.3 is 9.15 Å². The maximum absolute atomic E-state index is 12.5. The van der Waals surface area contributed by atoms with E-state index >= 15 is 0 Å². The number of furan rings is 1. The molecule has 4 aromatic rings. The first kappa shape index (κ1) is 17.6. The smallest absolute Gasteiger partial charge is 0.293 e. The number of thiazole rings is 1. The number of carbonyl (C=O) groups is 1. The number of carbonyl (C=O) groups excluding carboxylic acids is 1. The molecule has 0 spiro atoms. The Bertz CT molecular complexity index is 1100. The lowest BCUT2D eigenvalue weighted by Gasteiger charge is -2.02. The van der Waals surface area contributed by atoms with Crippen LogP contribution in [0.15, 0.2) is 58.3 Å². The van der Waals surface area contributed by atoms with Crippen LogP contribution in [0.1, 0.15) is 17.5 Å². The van der Waals surface area contributed by atoms with E-state index in [4.69, 9.17) is 20.8 Å². The molecule has 0 radical (unpaired) electrons. The molecule has 0 saturated carbocycles. The van der Waals surface area contributed by atoms with Gasteiger partial charge in [-0.2, -0.15) is 0 Å². The summed E-state index contributed by atoms with van der Waals surface area (Å²) in [6, 6.07) is 14.6. The fourth-order valence-corrected chi connectivity index (χ4v) is 3.50. The van der Waals surface area contributed by atoms with Crippen molar-refractivity contribution in [2.75, 3.05) is 11.9 Å². The second kappa shape index (κ2) is 7.42. The van der Waals surface area contributed by atoms with Gasteiger partial charge in [0.1, 0.15) is 0 Å². The van der Waals surface area contributed by atoms with Gasteiger partial charge in [-0.25, -0.2) is 4.98 Å². The van der Waals surface area contributed by atoms with Crippen LogP contribution in [0, 0.1) is 0 Å². The minimum absolute atomic E-state index is 0.209. The van der Waals surface area contributed by atoms with Crippen molar-refractivity contribution in [3.05, 3.63) is 64.7 Å². The second-order valence-corrected chi connectivity index (χ2v) is 7.01. The molecule has 0 aliphatic carbocycles. The molecule has 0 aliphatic heterocycles. The summed E-state index contributed by atoms with van der Waals surface area (Å²) in [7, 11) is 0. The third-order valence-corrected chi connectivity index (χ3v) is 4.91. The predicted octanol–water partition coefficient (Wildman–Crippen LogP) is 5.86. The van der Waals surface area contributed by atoms with E-state index in [2.05, 4.69) is 10.3 Å². The number of hydrogen-bond acceptors (Lipinski definition) is 5. The fourth-order valence-electron chi connectivity index (χ4n) is 2.66. The summed E-state index contributed by atoms with van der Waals surface area (Å²) in [6.07, 6.45) is 0. The molecule has 5 nitrogen and oxygen atoms in total. The van der Waals surface area contributed by atoms with E-state index in [0.29, 0.717) is 28.1 Å². The van der Waals surface area contributed by atoms with Crippen molar-refractivity contribution in [1.29, 1.82) is 0 Å². The van der Waals surface area contributed by atoms with Gasteiger partial charge in [0.25, 0.3) is 5.91 Å². The maximum Gasteiger partial charge on any atom is 0.293 e. The van der Waals surface area contributed by atoms with Gasteiger partial charge in [-0.1, -0.05) is 35.9 Å². The van der Waals surface area contributed by atoms with Crippen LogP contribution in [0.5, 0.6) is 5.75 Å². The average molecular weight is 399 g/mol. The summed E-state index contributed by atoms with van der Waals surface area (Å²) < 4.78 is 11.3. The van der Waals surface area contributed by atoms with Gasteiger partial charge in [0.15, 0.2) is 22.2 Å². The lowest BCUT2D eigenvalue weighted by atomic mass is 10.2. The molecule has 1 N–H and O–H groups in total. The summed E-state index contributed by atoms with van der Waals surface area (Å²) in [5.41, 5.74) is 2.27. The zero-order valence-electron chi connectivity index (χ0n) is 14.4. The van der Waals surface area contributed by atoms with Crippen molar-refractivity contribution in [3.8, 4) is 17.0 Å². The summed E-state index contributed by atoms with van der Waals surface area (Å²) in [5.74, 6) is 0.472. The van der Waals surface area contributed by atoms with Crippen LogP contribution in [0.4, 0.5) is 5.13 Å². The number of nitrogens with zero attached hydrogens (tertiary/aromatic N) is 1. The van der Waals surface area contributed by atoms with Crippen LogP contribution < -0.4 is 10.1 Å². The molecule has 0 unspecified atom stereocenters. The number of aromatic nitrogens is 1. The molecule has 1 amide bonds. The number of anilines is 1. The van der Waals surface area contributed by atoms with E-state index in [-0.39, 0.29) is 11.7 Å². The summed E-state index contributed by atoms with van der Waals surface area (Å²) in [5, 5.41) is 6.63. The molecule has 0 fully saturated rings. The Morgan fingerprint density at radius 1 is 1.26 bits per heavy atom. The summed E-state index contributed by atoms with van der Waals surface area (Å²) in [6.45, 7) is 2.42. The molecular formula is C20H15ClN2O3S. The van der Waals surface area contributed by atoms with Gasteiger partial charge >= 0.3 is 0 Å². The Morgan fingerprint density at radius 2 is 2.07 bits per heavy atom. The van der Waals surface area contributed by atoms with Crippen molar-refractivity contribution in [2.45, 2.75) is 6.92 Å². The summed E-state index contributed by atoms with van der Waals surface area (Å²) >= 11 is 7.26. The monoisotopic (exact) mass is 398 g/mol. The zero-order valence-corrected chi connectivity index (χ0v) is 15.9. The highest BCUT2D eigenvalue weighted by Gasteiger charge is 2.16. The van der Waals surface area contributed by atoms with Gasteiger partial charge in [-0.05, 0) is 31.2 Å². The molecule has 136 valence electrons. The molecule has 0 saturated heterocycles. The number of amides is 1. The average Bonchev–Trinajstić information content (AvgIpc) is 3.30. The van der Waals surface area contributed by atoms with Gasteiger partial charge in [-0.15, -0.1) is 11.3 Å². The molecule has 0 aliphatic rings. The molecular weight excluding hydrogens is 384 g/mol. The van der Waals surface area contributed by atoms with Gasteiger partial charge in [0, 0.05) is 21.4 Å². The van der Waals surface area contributed by atoms with Crippen molar-refractivity contribution in [3.63, 3.8) is 0 Å². The quantitative estimate of drug-likeness (QED) is 0.457. The van der Waals surface area contributed by atoms with Crippen molar-refractivity contribution >= 4 is 44.9 Å². The molecule has 0 bridgehead atoms. The lowest BCUT2D eigenvalue weighted by Crippen LogP contribution is -2.10. The molecule has 2 aromatic carbocycles. The topological polar surface area (TPSA) is 64.4 Å². The van der Waals surface area contributed by atoms with Crippen LogP contribution in [-0.4, -0.2) is 17.5 Å². The highest BCUT2D eigenvalue weighted by Crippen LogP contribution is 2.30. The number of nitrogens with one attached hydrogen (secondary N) is 1. The number of hydrogen-bond donors (Lipinski definition) is 1. The Kier molecular flexibility index (Phi) is 4.83. The zero-order chi connectivity index (χ0) is 18.8. The van der Waals surface area contributed by atoms with Crippen LogP contribution in [0.25, 0.3) is 22.2 Å². The highest BCUT2D eigenvalue weighted by molar-refractivity contribution is 7.14. The van der Waals surface area contributed by atoms with Gasteiger partial charge in [-0.3, -0.25) is 10.1 Å².